The highest BCUT2D eigenvalue weighted by Crippen LogP contribution is 2.29. The first-order valence-corrected chi connectivity index (χ1v) is 6.02. The van der Waals surface area contributed by atoms with Crippen molar-refractivity contribution >= 4 is 0 Å². The predicted molar refractivity (Wildman–Crippen MR) is 65.7 cm³/mol. The molecular formula is C14H24O. The van der Waals surface area contributed by atoms with Crippen LogP contribution < -0.4 is 0 Å². The lowest BCUT2D eigenvalue weighted by molar-refractivity contribution is 0.0695. The Kier molecular flexibility index (Phi) is 4.15. The van der Waals surface area contributed by atoms with Gasteiger partial charge in [-0.1, -0.05) is 51.5 Å². The van der Waals surface area contributed by atoms with Crippen LogP contribution in [0.2, 0.25) is 0 Å². The number of aliphatic hydroxyl groups is 1. The summed E-state index contributed by atoms with van der Waals surface area (Å²) in [6, 6.07) is 0. The molecule has 0 saturated carbocycles. The molecule has 0 aromatic carbocycles. The van der Waals surface area contributed by atoms with Crippen LogP contribution in [0.5, 0.6) is 0 Å². The van der Waals surface area contributed by atoms with Crippen LogP contribution in [-0.4, -0.2) is 10.7 Å². The Labute approximate surface area is 93.9 Å². The predicted octanol–water partition coefficient (Wildman–Crippen LogP) is 3.70. The van der Waals surface area contributed by atoms with Gasteiger partial charge in [-0.05, 0) is 31.1 Å². The Hall–Kier alpha value is -0.560. The van der Waals surface area contributed by atoms with E-state index in [1.54, 1.807) is 0 Å². The van der Waals surface area contributed by atoms with Gasteiger partial charge in [0.2, 0.25) is 0 Å². The van der Waals surface area contributed by atoms with E-state index >= 15 is 0 Å². The smallest absolute Gasteiger partial charge is 0.0867 e. The molecule has 15 heavy (non-hydrogen) atoms. The molecule has 1 aliphatic rings. The zero-order chi connectivity index (χ0) is 11.5. The van der Waals surface area contributed by atoms with Crippen LogP contribution in [0.4, 0.5) is 0 Å². The van der Waals surface area contributed by atoms with Crippen LogP contribution in [0.15, 0.2) is 23.8 Å². The lowest BCUT2D eigenvalue weighted by atomic mass is 9.84. The summed E-state index contributed by atoms with van der Waals surface area (Å²) in [4.78, 5) is 0. The maximum absolute atomic E-state index is 10.3. The topological polar surface area (TPSA) is 20.2 Å². The molecule has 1 unspecified atom stereocenters. The summed E-state index contributed by atoms with van der Waals surface area (Å²) in [7, 11) is 0. The van der Waals surface area contributed by atoms with Crippen molar-refractivity contribution in [2.45, 2.75) is 52.6 Å². The molecule has 86 valence electrons. The second-order valence-corrected chi connectivity index (χ2v) is 5.62. The average molecular weight is 208 g/mol. The van der Waals surface area contributed by atoms with E-state index in [4.69, 9.17) is 0 Å². The highest BCUT2D eigenvalue weighted by Gasteiger charge is 2.25. The standard InChI is InChI=1S/C14H24O/c1-11(2)9-13-5-7-14(15,8-6-13)10-12(3)4/h5-7,11-12,15H,8-10H2,1-4H3. The van der Waals surface area contributed by atoms with Gasteiger partial charge >= 0.3 is 0 Å². The largest absolute Gasteiger partial charge is 0.385 e. The molecular weight excluding hydrogens is 184 g/mol. The lowest BCUT2D eigenvalue weighted by Crippen LogP contribution is -2.28. The van der Waals surface area contributed by atoms with Crippen molar-refractivity contribution in [2.75, 3.05) is 0 Å². The number of hydrogen-bond donors (Lipinski definition) is 1. The molecule has 0 bridgehead atoms. The molecule has 0 spiro atoms. The molecule has 0 saturated heterocycles. The average Bonchev–Trinajstić information content (AvgIpc) is 2.07. The van der Waals surface area contributed by atoms with Gasteiger partial charge in [0, 0.05) is 0 Å². The first-order chi connectivity index (χ1) is 6.91. The maximum Gasteiger partial charge on any atom is 0.0867 e. The van der Waals surface area contributed by atoms with Crippen molar-refractivity contribution in [1.82, 2.24) is 0 Å². The minimum Gasteiger partial charge on any atom is -0.385 e. The first-order valence-electron chi connectivity index (χ1n) is 6.02. The number of hydrogen-bond acceptors (Lipinski definition) is 1. The SMILES string of the molecule is CC(C)CC1=CCC(O)(CC(C)C)C=C1. The molecule has 0 heterocycles. The van der Waals surface area contributed by atoms with Crippen LogP contribution >= 0.6 is 0 Å². The Balaban J connectivity index is 2.54. The molecule has 0 amide bonds. The molecule has 1 N–H and O–H groups in total. The molecule has 0 radical (unpaired) electrons. The van der Waals surface area contributed by atoms with Gasteiger partial charge in [-0.2, -0.15) is 0 Å². The van der Waals surface area contributed by atoms with Crippen molar-refractivity contribution in [3.8, 4) is 0 Å². The van der Waals surface area contributed by atoms with Gasteiger partial charge in [0.05, 0.1) is 5.60 Å². The van der Waals surface area contributed by atoms with Gasteiger partial charge in [0.25, 0.3) is 0 Å². The highest BCUT2D eigenvalue weighted by molar-refractivity contribution is 5.27. The molecule has 1 rings (SSSR count). The van der Waals surface area contributed by atoms with E-state index in [2.05, 4.69) is 39.8 Å². The monoisotopic (exact) mass is 208 g/mol. The summed E-state index contributed by atoms with van der Waals surface area (Å²) in [5.74, 6) is 1.23. The minimum atomic E-state index is -0.589. The van der Waals surface area contributed by atoms with E-state index in [1.165, 1.54) is 5.57 Å². The Morgan fingerprint density at radius 2 is 1.93 bits per heavy atom. The molecule has 1 heteroatoms. The summed E-state index contributed by atoms with van der Waals surface area (Å²) in [6.45, 7) is 8.76. The lowest BCUT2D eigenvalue weighted by Gasteiger charge is -2.28. The van der Waals surface area contributed by atoms with Gasteiger partial charge in [-0.15, -0.1) is 0 Å². The van der Waals surface area contributed by atoms with Crippen LogP contribution in [0.3, 0.4) is 0 Å². The van der Waals surface area contributed by atoms with Crippen molar-refractivity contribution in [3.63, 3.8) is 0 Å². The fraction of sp³-hybridized carbons (Fsp3) is 0.714. The number of allylic oxidation sites excluding steroid dienone is 2. The van der Waals surface area contributed by atoms with Crippen LogP contribution in [-0.2, 0) is 0 Å². The van der Waals surface area contributed by atoms with Gasteiger partial charge in [0.15, 0.2) is 0 Å². The van der Waals surface area contributed by atoms with E-state index in [9.17, 15) is 5.11 Å². The highest BCUT2D eigenvalue weighted by atomic mass is 16.3. The molecule has 0 aliphatic heterocycles. The summed E-state index contributed by atoms with van der Waals surface area (Å²) >= 11 is 0. The summed E-state index contributed by atoms with van der Waals surface area (Å²) in [6.07, 6.45) is 9.05. The first kappa shape index (κ1) is 12.5. The van der Waals surface area contributed by atoms with Gasteiger partial charge in [-0.25, -0.2) is 0 Å². The second-order valence-electron chi connectivity index (χ2n) is 5.62. The summed E-state index contributed by atoms with van der Waals surface area (Å²) < 4.78 is 0. The van der Waals surface area contributed by atoms with E-state index in [0.29, 0.717) is 11.8 Å². The third-order valence-electron chi connectivity index (χ3n) is 2.73. The molecule has 0 aromatic rings. The fourth-order valence-electron chi connectivity index (χ4n) is 2.19. The van der Waals surface area contributed by atoms with E-state index < -0.39 is 5.60 Å². The summed E-state index contributed by atoms with van der Waals surface area (Å²) in [5, 5.41) is 10.3. The maximum atomic E-state index is 10.3. The van der Waals surface area contributed by atoms with Crippen molar-refractivity contribution < 1.29 is 5.11 Å². The van der Waals surface area contributed by atoms with E-state index in [1.807, 2.05) is 6.08 Å². The minimum absolute atomic E-state index is 0.541. The third kappa shape index (κ3) is 4.21. The van der Waals surface area contributed by atoms with Crippen molar-refractivity contribution in [3.05, 3.63) is 23.8 Å². The second kappa shape index (κ2) is 4.98. The molecule has 1 aliphatic carbocycles. The van der Waals surface area contributed by atoms with Crippen LogP contribution in [0.1, 0.15) is 47.0 Å². The zero-order valence-electron chi connectivity index (χ0n) is 10.5. The fourth-order valence-corrected chi connectivity index (χ4v) is 2.19. The Morgan fingerprint density at radius 3 is 2.33 bits per heavy atom. The van der Waals surface area contributed by atoms with Crippen LogP contribution in [0, 0.1) is 11.8 Å². The van der Waals surface area contributed by atoms with Crippen molar-refractivity contribution in [2.24, 2.45) is 11.8 Å². The normalized spacial score (nSPS) is 26.2. The zero-order valence-corrected chi connectivity index (χ0v) is 10.5. The molecule has 1 nitrogen and oxygen atoms in total. The van der Waals surface area contributed by atoms with Gasteiger partial charge < -0.3 is 5.11 Å². The third-order valence-corrected chi connectivity index (χ3v) is 2.73. The Bertz CT molecular complexity index is 261. The molecule has 0 aromatic heterocycles. The quantitative estimate of drug-likeness (QED) is 0.747. The summed E-state index contributed by atoms with van der Waals surface area (Å²) in [5.41, 5.74) is 0.785. The Morgan fingerprint density at radius 1 is 1.27 bits per heavy atom. The molecule has 1 atom stereocenters. The van der Waals surface area contributed by atoms with E-state index in [0.717, 1.165) is 19.3 Å². The number of rotatable bonds is 4. The van der Waals surface area contributed by atoms with E-state index in [-0.39, 0.29) is 0 Å². The van der Waals surface area contributed by atoms with Crippen LogP contribution in [0.25, 0.3) is 0 Å². The molecule has 0 fully saturated rings. The van der Waals surface area contributed by atoms with Crippen molar-refractivity contribution in [1.29, 1.82) is 0 Å². The van der Waals surface area contributed by atoms with Gasteiger partial charge in [-0.3, -0.25) is 0 Å². The van der Waals surface area contributed by atoms with Gasteiger partial charge in [0.1, 0.15) is 0 Å².